The molecule has 0 aromatic carbocycles. The van der Waals surface area contributed by atoms with Crippen molar-refractivity contribution in [2.45, 2.75) is 32.9 Å². The highest BCUT2D eigenvalue weighted by Gasteiger charge is 2.24. The van der Waals surface area contributed by atoms with E-state index in [4.69, 9.17) is 9.84 Å². The van der Waals surface area contributed by atoms with Gasteiger partial charge in [0.2, 0.25) is 0 Å². The van der Waals surface area contributed by atoms with Crippen LogP contribution >= 0.6 is 0 Å². The van der Waals surface area contributed by atoms with Gasteiger partial charge in [-0.1, -0.05) is 20.8 Å². The largest absolute Gasteiger partial charge is 0.480 e. The van der Waals surface area contributed by atoms with Crippen LogP contribution in [-0.4, -0.2) is 66.9 Å². The molecule has 1 saturated heterocycles. The highest BCUT2D eigenvalue weighted by Crippen LogP contribution is 2.04. The van der Waals surface area contributed by atoms with Gasteiger partial charge in [-0.3, -0.25) is 4.90 Å². The Morgan fingerprint density at radius 3 is 2.70 bits per heavy atom. The van der Waals surface area contributed by atoms with Crippen LogP contribution in [0.5, 0.6) is 0 Å². The fourth-order valence-electron chi connectivity index (χ4n) is 2.10. The SMILES string of the molecule is CCN1CCOC(CNC(=O)NC(C(=O)O)C(C)C)C1. The molecule has 0 aromatic rings. The maximum atomic E-state index is 11.7. The van der Waals surface area contributed by atoms with Gasteiger partial charge < -0.3 is 20.5 Å². The van der Waals surface area contributed by atoms with Crippen molar-refractivity contribution < 1.29 is 19.4 Å². The standard InChI is InChI=1S/C13H25N3O4/c1-4-16-5-6-20-10(8-16)7-14-13(19)15-11(9(2)3)12(17)18/h9-11H,4-8H2,1-3H3,(H,17,18)(H2,14,15,19). The van der Waals surface area contributed by atoms with Gasteiger partial charge in [0.1, 0.15) is 6.04 Å². The second-order valence-electron chi connectivity index (χ2n) is 5.30. The summed E-state index contributed by atoms with van der Waals surface area (Å²) in [7, 11) is 0. The molecule has 116 valence electrons. The number of ether oxygens (including phenoxy) is 1. The predicted octanol–water partition coefficient (Wildman–Crippen LogP) is 0.116. The van der Waals surface area contributed by atoms with Gasteiger partial charge in [-0.15, -0.1) is 0 Å². The first-order valence-corrected chi connectivity index (χ1v) is 7.05. The minimum Gasteiger partial charge on any atom is -0.480 e. The molecule has 1 rings (SSSR count). The lowest BCUT2D eigenvalue weighted by Crippen LogP contribution is -2.52. The second kappa shape index (κ2) is 8.06. The fourth-order valence-corrected chi connectivity index (χ4v) is 2.10. The number of carboxylic acid groups (broad SMARTS) is 1. The Morgan fingerprint density at radius 2 is 2.15 bits per heavy atom. The molecule has 0 bridgehead atoms. The molecule has 7 nitrogen and oxygen atoms in total. The lowest BCUT2D eigenvalue weighted by molar-refractivity contribution is -0.140. The Balaban J connectivity index is 2.33. The normalized spacial score (nSPS) is 21.5. The summed E-state index contributed by atoms with van der Waals surface area (Å²) in [5.74, 6) is -1.19. The van der Waals surface area contributed by atoms with Gasteiger partial charge in [-0.2, -0.15) is 0 Å². The van der Waals surface area contributed by atoms with Gasteiger partial charge in [0, 0.05) is 19.6 Å². The molecular weight excluding hydrogens is 262 g/mol. The quantitative estimate of drug-likeness (QED) is 0.645. The van der Waals surface area contributed by atoms with Gasteiger partial charge in [0.05, 0.1) is 12.7 Å². The van der Waals surface area contributed by atoms with Gasteiger partial charge in [0.25, 0.3) is 0 Å². The van der Waals surface area contributed by atoms with E-state index >= 15 is 0 Å². The van der Waals surface area contributed by atoms with Crippen molar-refractivity contribution in [3.05, 3.63) is 0 Å². The van der Waals surface area contributed by atoms with Crippen LogP contribution in [0.2, 0.25) is 0 Å². The first-order chi connectivity index (χ1) is 9.43. The van der Waals surface area contributed by atoms with Crippen molar-refractivity contribution in [3.8, 4) is 0 Å². The van der Waals surface area contributed by atoms with E-state index in [1.165, 1.54) is 0 Å². The average Bonchev–Trinajstić information content (AvgIpc) is 2.42. The molecule has 7 heteroatoms. The number of hydrogen-bond donors (Lipinski definition) is 3. The van der Waals surface area contributed by atoms with Crippen LogP contribution in [0.4, 0.5) is 4.79 Å². The third-order valence-corrected chi connectivity index (χ3v) is 3.38. The fraction of sp³-hybridized carbons (Fsp3) is 0.846. The third kappa shape index (κ3) is 5.34. The highest BCUT2D eigenvalue weighted by atomic mass is 16.5. The number of carbonyl (C=O) groups is 2. The minimum absolute atomic E-state index is 0.0446. The monoisotopic (exact) mass is 287 g/mol. The van der Waals surface area contributed by atoms with Crippen LogP contribution in [0, 0.1) is 5.92 Å². The number of urea groups is 1. The molecule has 1 heterocycles. The second-order valence-corrected chi connectivity index (χ2v) is 5.30. The molecule has 0 saturated carbocycles. The van der Waals surface area contributed by atoms with E-state index in [1.807, 2.05) is 0 Å². The Kier molecular flexibility index (Phi) is 6.74. The van der Waals surface area contributed by atoms with Crippen molar-refractivity contribution in [1.82, 2.24) is 15.5 Å². The van der Waals surface area contributed by atoms with Crippen molar-refractivity contribution in [1.29, 1.82) is 0 Å². The summed E-state index contributed by atoms with van der Waals surface area (Å²) in [6.45, 7) is 9.28. The number of nitrogens with zero attached hydrogens (tertiary/aromatic N) is 1. The van der Waals surface area contributed by atoms with Gasteiger partial charge >= 0.3 is 12.0 Å². The maximum Gasteiger partial charge on any atom is 0.326 e. The number of likely N-dealkylation sites (N-methyl/N-ethyl adjacent to an activating group) is 1. The number of carbonyl (C=O) groups excluding carboxylic acids is 1. The summed E-state index contributed by atoms with van der Waals surface area (Å²) in [6, 6.07) is -1.35. The summed E-state index contributed by atoms with van der Waals surface area (Å²) in [5, 5.41) is 14.1. The van der Waals surface area contributed by atoms with E-state index in [0.717, 1.165) is 19.6 Å². The topological polar surface area (TPSA) is 90.9 Å². The average molecular weight is 287 g/mol. The lowest BCUT2D eigenvalue weighted by Gasteiger charge is -2.32. The molecule has 1 fully saturated rings. The van der Waals surface area contributed by atoms with Gasteiger partial charge in [-0.05, 0) is 12.5 Å². The number of nitrogens with one attached hydrogen (secondary N) is 2. The van der Waals surface area contributed by atoms with Crippen LogP contribution in [0.3, 0.4) is 0 Å². The summed E-state index contributed by atoms with van der Waals surface area (Å²) in [5.41, 5.74) is 0. The van der Waals surface area contributed by atoms with E-state index in [0.29, 0.717) is 13.2 Å². The molecular formula is C13H25N3O4. The summed E-state index contributed by atoms with van der Waals surface area (Å²) in [6.07, 6.45) is -0.0446. The maximum absolute atomic E-state index is 11.7. The van der Waals surface area contributed by atoms with Crippen molar-refractivity contribution >= 4 is 12.0 Å². The van der Waals surface area contributed by atoms with Crippen LogP contribution in [-0.2, 0) is 9.53 Å². The Morgan fingerprint density at radius 1 is 1.45 bits per heavy atom. The molecule has 2 atom stereocenters. The Hall–Kier alpha value is -1.34. The smallest absolute Gasteiger partial charge is 0.326 e. The molecule has 0 aliphatic carbocycles. The molecule has 1 aliphatic rings. The molecule has 0 spiro atoms. The Labute approximate surface area is 119 Å². The number of aliphatic carboxylic acids is 1. The zero-order chi connectivity index (χ0) is 15.1. The predicted molar refractivity (Wildman–Crippen MR) is 74.7 cm³/mol. The molecule has 3 N–H and O–H groups in total. The minimum atomic E-state index is -1.03. The lowest BCUT2D eigenvalue weighted by atomic mass is 10.1. The molecule has 2 amide bonds. The molecule has 0 radical (unpaired) electrons. The summed E-state index contributed by atoms with van der Waals surface area (Å²) in [4.78, 5) is 24.9. The first kappa shape index (κ1) is 16.7. The van der Waals surface area contributed by atoms with Crippen LogP contribution < -0.4 is 10.6 Å². The molecule has 20 heavy (non-hydrogen) atoms. The summed E-state index contributed by atoms with van der Waals surface area (Å²) >= 11 is 0. The number of rotatable bonds is 6. The van der Waals surface area contributed by atoms with E-state index in [2.05, 4.69) is 22.5 Å². The van der Waals surface area contributed by atoms with Crippen molar-refractivity contribution in [2.75, 3.05) is 32.8 Å². The van der Waals surface area contributed by atoms with Crippen LogP contribution in [0.1, 0.15) is 20.8 Å². The third-order valence-electron chi connectivity index (χ3n) is 3.38. The zero-order valence-corrected chi connectivity index (χ0v) is 12.4. The zero-order valence-electron chi connectivity index (χ0n) is 12.4. The first-order valence-electron chi connectivity index (χ1n) is 7.05. The van der Waals surface area contributed by atoms with Crippen molar-refractivity contribution in [3.63, 3.8) is 0 Å². The van der Waals surface area contributed by atoms with E-state index in [9.17, 15) is 9.59 Å². The van der Waals surface area contributed by atoms with Crippen LogP contribution in [0.25, 0.3) is 0 Å². The van der Waals surface area contributed by atoms with E-state index < -0.39 is 18.0 Å². The number of hydrogen-bond acceptors (Lipinski definition) is 4. The van der Waals surface area contributed by atoms with Crippen LogP contribution in [0.15, 0.2) is 0 Å². The van der Waals surface area contributed by atoms with Gasteiger partial charge in [0.15, 0.2) is 0 Å². The number of morpholine rings is 1. The summed E-state index contributed by atoms with van der Waals surface area (Å²) < 4.78 is 5.56. The van der Waals surface area contributed by atoms with E-state index in [1.54, 1.807) is 13.8 Å². The molecule has 2 unspecified atom stereocenters. The number of carboxylic acids is 1. The van der Waals surface area contributed by atoms with Gasteiger partial charge in [-0.25, -0.2) is 9.59 Å². The molecule has 0 aromatic heterocycles. The highest BCUT2D eigenvalue weighted by molar-refractivity contribution is 5.82. The Bertz CT molecular complexity index is 336. The van der Waals surface area contributed by atoms with E-state index in [-0.39, 0.29) is 12.0 Å². The van der Waals surface area contributed by atoms with Crippen molar-refractivity contribution in [2.24, 2.45) is 5.92 Å². The molecule has 1 aliphatic heterocycles. The number of amides is 2.